The van der Waals surface area contributed by atoms with Gasteiger partial charge in [-0.1, -0.05) is 22.0 Å². The summed E-state index contributed by atoms with van der Waals surface area (Å²) in [4.78, 5) is 12.8. The van der Waals surface area contributed by atoms with E-state index in [4.69, 9.17) is 5.73 Å². The van der Waals surface area contributed by atoms with Gasteiger partial charge in [0, 0.05) is 44.8 Å². The second-order valence-corrected chi connectivity index (χ2v) is 6.98. The molecule has 0 aliphatic rings. The average molecular weight is 411 g/mol. The van der Waals surface area contributed by atoms with Gasteiger partial charge in [-0.15, -0.1) is 21.6 Å². The number of nitrogens with two attached hydrogens (primary N) is 1. The summed E-state index contributed by atoms with van der Waals surface area (Å²) < 4.78 is 0.938. The van der Waals surface area contributed by atoms with Crippen LogP contribution in [0.3, 0.4) is 0 Å². The van der Waals surface area contributed by atoms with Crippen LogP contribution in [-0.4, -0.2) is 15.0 Å². The van der Waals surface area contributed by atoms with Gasteiger partial charge >= 0.3 is 0 Å². The zero-order valence-corrected chi connectivity index (χ0v) is 15.2. The van der Waals surface area contributed by atoms with Gasteiger partial charge in [0.1, 0.15) is 10.7 Å². The Kier molecular flexibility index (Phi) is 4.21. The first-order valence-corrected chi connectivity index (χ1v) is 8.99. The highest BCUT2D eigenvalue weighted by Gasteiger charge is 2.07. The molecule has 0 spiro atoms. The fourth-order valence-electron chi connectivity index (χ4n) is 2.33. The zero-order chi connectivity index (χ0) is 17.2. The Balaban J connectivity index is 1.69. The van der Waals surface area contributed by atoms with Crippen LogP contribution in [0, 0.1) is 0 Å². The van der Waals surface area contributed by atoms with Crippen LogP contribution in [0.2, 0.25) is 0 Å². The number of halogens is 1. The molecule has 0 atom stereocenters. The fourth-order valence-corrected chi connectivity index (χ4v) is 3.32. The number of rotatable bonds is 3. The van der Waals surface area contributed by atoms with Crippen molar-refractivity contribution in [2.75, 3.05) is 5.73 Å². The number of hydrogen-bond donors (Lipinski definition) is 1. The molecule has 4 aromatic rings. The molecule has 0 aliphatic heterocycles. The molecule has 6 nitrogen and oxygen atoms in total. The van der Waals surface area contributed by atoms with Crippen molar-refractivity contribution in [2.45, 2.75) is 0 Å². The second kappa shape index (κ2) is 6.66. The predicted molar refractivity (Wildman–Crippen MR) is 103 cm³/mol. The Bertz CT molecular complexity index is 1060. The lowest BCUT2D eigenvalue weighted by Gasteiger charge is -2.04. The lowest BCUT2D eigenvalue weighted by molar-refractivity contribution is 1.15. The first-order chi connectivity index (χ1) is 12.2. The van der Waals surface area contributed by atoms with Gasteiger partial charge < -0.3 is 5.73 Å². The summed E-state index contributed by atoms with van der Waals surface area (Å²) in [5, 5.41) is 13.2. The first kappa shape index (κ1) is 15.8. The van der Waals surface area contributed by atoms with Crippen molar-refractivity contribution in [3.8, 4) is 10.6 Å². The van der Waals surface area contributed by atoms with Gasteiger partial charge in [-0.3, -0.25) is 0 Å². The van der Waals surface area contributed by atoms with E-state index in [9.17, 15) is 0 Å². The van der Waals surface area contributed by atoms with Crippen LogP contribution in [0.5, 0.6) is 0 Å². The molecule has 0 fully saturated rings. The quantitative estimate of drug-likeness (QED) is 0.450. The number of benzene rings is 1. The third kappa shape index (κ3) is 3.26. The normalized spacial score (nSPS) is 11.4. The summed E-state index contributed by atoms with van der Waals surface area (Å²) in [6.07, 6.45) is 5.22. The van der Waals surface area contributed by atoms with Crippen LogP contribution in [0.25, 0.3) is 21.3 Å². The molecule has 4 rings (SSSR count). The molecule has 0 aliphatic carbocycles. The Morgan fingerprint density at radius 2 is 1.92 bits per heavy atom. The third-order valence-corrected chi connectivity index (χ3v) is 4.85. The van der Waals surface area contributed by atoms with Crippen LogP contribution in [0.4, 0.5) is 17.3 Å². The average Bonchev–Trinajstić information content (AvgIpc) is 3.16. The molecular weight excluding hydrogens is 400 g/mol. The largest absolute Gasteiger partial charge is 0.382 e. The molecule has 122 valence electrons. The van der Waals surface area contributed by atoms with Crippen LogP contribution in [-0.2, 0) is 0 Å². The standard InChI is InChI=1S/C17H11BrN6S/c18-12-3-1-10-8-22-16(19)15(13(10)7-12)24-23-14-4-2-11(9-21-14)17-20-5-6-25-17/h1-9H,(H2,19,22). The van der Waals surface area contributed by atoms with Crippen LogP contribution < -0.4 is 5.73 Å². The SMILES string of the molecule is Nc1ncc2ccc(Br)cc2c1N=Nc1ccc(-c2nccs2)cn1. The summed E-state index contributed by atoms with van der Waals surface area (Å²) in [5.74, 6) is 0.820. The molecule has 2 N–H and O–H groups in total. The molecule has 25 heavy (non-hydrogen) atoms. The fraction of sp³-hybridized carbons (Fsp3) is 0. The van der Waals surface area contributed by atoms with Gasteiger partial charge in [-0.25, -0.2) is 15.0 Å². The van der Waals surface area contributed by atoms with Crippen molar-refractivity contribution >= 4 is 55.4 Å². The molecule has 3 aromatic heterocycles. The lowest BCUT2D eigenvalue weighted by Crippen LogP contribution is -1.90. The zero-order valence-electron chi connectivity index (χ0n) is 12.8. The monoisotopic (exact) mass is 410 g/mol. The van der Waals surface area contributed by atoms with Crippen molar-refractivity contribution in [3.05, 3.63) is 58.8 Å². The Hall–Kier alpha value is -2.71. The Morgan fingerprint density at radius 3 is 2.68 bits per heavy atom. The van der Waals surface area contributed by atoms with Crippen molar-refractivity contribution in [3.63, 3.8) is 0 Å². The number of hydrogen-bond acceptors (Lipinski definition) is 7. The van der Waals surface area contributed by atoms with E-state index in [0.29, 0.717) is 17.3 Å². The highest BCUT2D eigenvalue weighted by atomic mass is 79.9. The molecule has 0 bridgehead atoms. The van der Waals surface area contributed by atoms with Crippen molar-refractivity contribution in [1.82, 2.24) is 15.0 Å². The summed E-state index contributed by atoms with van der Waals surface area (Å²) in [7, 11) is 0. The number of nitrogens with zero attached hydrogens (tertiary/aromatic N) is 5. The van der Waals surface area contributed by atoms with Crippen LogP contribution >= 0.6 is 27.3 Å². The lowest BCUT2D eigenvalue weighted by atomic mass is 10.1. The van der Waals surface area contributed by atoms with Gasteiger partial charge in [0.25, 0.3) is 0 Å². The molecule has 3 heterocycles. The molecule has 0 radical (unpaired) electrons. The van der Waals surface area contributed by atoms with Gasteiger partial charge in [0.2, 0.25) is 0 Å². The number of aromatic nitrogens is 3. The molecule has 0 unspecified atom stereocenters. The van der Waals surface area contributed by atoms with Gasteiger partial charge in [-0.2, -0.15) is 0 Å². The summed E-state index contributed by atoms with van der Waals surface area (Å²) in [5.41, 5.74) is 7.46. The molecular formula is C17H11BrN6S. The van der Waals surface area contributed by atoms with E-state index >= 15 is 0 Å². The van der Waals surface area contributed by atoms with Crippen LogP contribution in [0.1, 0.15) is 0 Å². The number of anilines is 1. The molecule has 0 saturated carbocycles. The topological polar surface area (TPSA) is 89.4 Å². The number of fused-ring (bicyclic) bond motifs is 1. The third-order valence-electron chi connectivity index (χ3n) is 3.54. The van der Waals surface area contributed by atoms with E-state index in [2.05, 4.69) is 41.1 Å². The molecule has 8 heteroatoms. The van der Waals surface area contributed by atoms with Gasteiger partial charge in [0.05, 0.1) is 0 Å². The summed E-state index contributed by atoms with van der Waals surface area (Å²) >= 11 is 5.03. The van der Waals surface area contributed by atoms with Crippen molar-refractivity contribution in [1.29, 1.82) is 0 Å². The Labute approximate surface area is 155 Å². The van der Waals surface area contributed by atoms with E-state index in [1.807, 2.05) is 29.6 Å². The maximum absolute atomic E-state index is 5.98. The van der Waals surface area contributed by atoms with Crippen molar-refractivity contribution in [2.24, 2.45) is 10.2 Å². The summed E-state index contributed by atoms with van der Waals surface area (Å²) in [6.45, 7) is 0. The molecule has 0 amide bonds. The minimum Gasteiger partial charge on any atom is -0.382 e. The molecule has 1 aromatic carbocycles. The van der Waals surface area contributed by atoms with Crippen molar-refractivity contribution < 1.29 is 0 Å². The van der Waals surface area contributed by atoms with E-state index < -0.39 is 0 Å². The minimum absolute atomic E-state index is 0.328. The van der Waals surface area contributed by atoms with E-state index in [1.54, 1.807) is 36.0 Å². The van der Waals surface area contributed by atoms with E-state index in [-0.39, 0.29) is 0 Å². The van der Waals surface area contributed by atoms with Crippen LogP contribution in [0.15, 0.2) is 69.0 Å². The van der Waals surface area contributed by atoms with Gasteiger partial charge in [0.15, 0.2) is 11.6 Å². The number of pyridine rings is 2. The molecule has 0 saturated heterocycles. The number of nitrogen functional groups attached to an aromatic ring is 1. The second-order valence-electron chi connectivity index (χ2n) is 5.17. The maximum atomic E-state index is 5.98. The first-order valence-electron chi connectivity index (χ1n) is 7.32. The number of thiazole rings is 1. The van der Waals surface area contributed by atoms with E-state index in [1.165, 1.54) is 0 Å². The highest BCUT2D eigenvalue weighted by molar-refractivity contribution is 9.10. The van der Waals surface area contributed by atoms with Gasteiger partial charge in [-0.05, 0) is 24.3 Å². The van der Waals surface area contributed by atoms with E-state index in [0.717, 1.165) is 25.8 Å². The predicted octanol–water partition coefficient (Wildman–Crippen LogP) is 5.51. The number of azo groups is 1. The Morgan fingerprint density at radius 1 is 1.00 bits per heavy atom. The smallest absolute Gasteiger partial charge is 0.174 e. The minimum atomic E-state index is 0.328. The summed E-state index contributed by atoms with van der Waals surface area (Å²) in [6, 6.07) is 9.55. The maximum Gasteiger partial charge on any atom is 0.174 e. The highest BCUT2D eigenvalue weighted by Crippen LogP contribution is 2.33.